The fourth-order valence-corrected chi connectivity index (χ4v) is 3.79. The van der Waals surface area contributed by atoms with Gasteiger partial charge in [0.1, 0.15) is 0 Å². The maximum absolute atomic E-state index is 6.08. The Morgan fingerprint density at radius 2 is 1.79 bits per heavy atom. The monoisotopic (exact) mass is 508 g/mol. The van der Waals surface area contributed by atoms with Crippen LogP contribution in [0.15, 0.2) is 53.5 Å². The summed E-state index contributed by atoms with van der Waals surface area (Å²) >= 11 is 0. The molecule has 158 valence electrons. The Kier molecular flexibility index (Phi) is 9.73. The van der Waals surface area contributed by atoms with Crippen molar-refractivity contribution < 1.29 is 4.74 Å². The first-order valence-corrected chi connectivity index (χ1v) is 10.1. The fourth-order valence-electron chi connectivity index (χ4n) is 3.79. The number of rotatable bonds is 7. The molecule has 0 aromatic heterocycles. The van der Waals surface area contributed by atoms with Crippen LogP contribution in [0.1, 0.15) is 43.2 Å². The molecule has 5 nitrogen and oxygen atoms in total. The summed E-state index contributed by atoms with van der Waals surface area (Å²) in [6, 6.07) is 17.3. The number of methoxy groups -OCH3 is 1. The lowest BCUT2D eigenvalue weighted by atomic mass is 9.94. The van der Waals surface area contributed by atoms with Crippen molar-refractivity contribution in [2.45, 2.75) is 51.3 Å². The van der Waals surface area contributed by atoms with Crippen LogP contribution in [0.2, 0.25) is 0 Å². The number of hydrogen-bond donors (Lipinski definition) is 2. The van der Waals surface area contributed by atoms with Crippen LogP contribution in [0.3, 0.4) is 0 Å². The average molecular weight is 508 g/mol. The van der Waals surface area contributed by atoms with Crippen LogP contribution in [-0.2, 0) is 17.9 Å². The molecule has 1 aliphatic rings. The molecule has 0 aliphatic heterocycles. The van der Waals surface area contributed by atoms with Crippen LogP contribution in [0.25, 0.3) is 0 Å². The summed E-state index contributed by atoms with van der Waals surface area (Å²) in [5.41, 5.74) is 10.5. The van der Waals surface area contributed by atoms with Crippen molar-refractivity contribution in [3.05, 3.63) is 59.7 Å². The predicted octanol–water partition coefficient (Wildman–Crippen LogP) is 5.15. The van der Waals surface area contributed by atoms with Crippen molar-refractivity contribution in [2.24, 2.45) is 10.7 Å². The molecule has 0 bridgehead atoms. The number of benzene rings is 2. The van der Waals surface area contributed by atoms with Crippen molar-refractivity contribution in [2.75, 3.05) is 24.4 Å². The Morgan fingerprint density at radius 1 is 1.10 bits per heavy atom. The Bertz CT molecular complexity index is 773. The predicted molar refractivity (Wildman–Crippen MR) is 133 cm³/mol. The molecule has 3 rings (SSSR count). The van der Waals surface area contributed by atoms with Crippen LogP contribution >= 0.6 is 24.0 Å². The van der Waals surface area contributed by atoms with Gasteiger partial charge in [-0.2, -0.15) is 0 Å². The fraction of sp³-hybridized carbons (Fsp3) is 0.435. The Balaban J connectivity index is 0.00000300. The van der Waals surface area contributed by atoms with Gasteiger partial charge in [0.25, 0.3) is 0 Å². The van der Waals surface area contributed by atoms with Gasteiger partial charge in [0.05, 0.1) is 13.2 Å². The highest BCUT2D eigenvalue weighted by atomic mass is 127. The summed E-state index contributed by atoms with van der Waals surface area (Å²) < 4.78 is 5.23. The van der Waals surface area contributed by atoms with Crippen LogP contribution in [-0.4, -0.2) is 26.2 Å². The van der Waals surface area contributed by atoms with E-state index in [1.165, 1.54) is 37.8 Å². The maximum Gasteiger partial charge on any atom is 0.193 e. The van der Waals surface area contributed by atoms with Crippen LogP contribution < -0.4 is 16.0 Å². The highest BCUT2D eigenvalue weighted by molar-refractivity contribution is 14.0. The van der Waals surface area contributed by atoms with E-state index in [-0.39, 0.29) is 24.0 Å². The van der Waals surface area contributed by atoms with E-state index in [0.29, 0.717) is 25.2 Å². The number of para-hydroxylation sites is 1. The molecule has 29 heavy (non-hydrogen) atoms. The molecule has 0 amide bonds. The molecule has 0 heterocycles. The number of guanidine groups is 1. The molecule has 0 atom stereocenters. The van der Waals surface area contributed by atoms with Gasteiger partial charge in [-0.15, -0.1) is 24.0 Å². The lowest BCUT2D eigenvalue weighted by molar-refractivity contribution is 0.185. The SMILES string of the molecule is COCc1ccccc1NC(N)=NCc1ccc(N(C)C2CCCCC2)cc1.I. The number of ether oxygens (including phenoxy) is 1. The molecule has 2 aromatic carbocycles. The van der Waals surface area contributed by atoms with Gasteiger partial charge in [0.2, 0.25) is 0 Å². The van der Waals surface area contributed by atoms with E-state index in [1.807, 2.05) is 24.3 Å². The second-order valence-electron chi connectivity index (χ2n) is 7.49. The molecule has 1 aliphatic carbocycles. The maximum atomic E-state index is 6.08. The second-order valence-corrected chi connectivity index (χ2v) is 7.49. The first kappa shape index (κ1) is 23.5. The average Bonchev–Trinajstić information content (AvgIpc) is 2.74. The summed E-state index contributed by atoms with van der Waals surface area (Å²) in [6.45, 7) is 1.09. The summed E-state index contributed by atoms with van der Waals surface area (Å²) in [4.78, 5) is 6.91. The largest absolute Gasteiger partial charge is 0.380 e. The summed E-state index contributed by atoms with van der Waals surface area (Å²) in [5.74, 6) is 0.409. The highest BCUT2D eigenvalue weighted by Gasteiger charge is 2.18. The number of nitrogens with two attached hydrogens (primary N) is 1. The van der Waals surface area contributed by atoms with Crippen LogP contribution in [0.4, 0.5) is 11.4 Å². The van der Waals surface area contributed by atoms with E-state index in [1.54, 1.807) is 7.11 Å². The van der Waals surface area contributed by atoms with E-state index in [4.69, 9.17) is 10.5 Å². The smallest absolute Gasteiger partial charge is 0.193 e. The van der Waals surface area contributed by atoms with Crippen LogP contribution in [0.5, 0.6) is 0 Å². The minimum atomic E-state index is 0. The topological polar surface area (TPSA) is 62.9 Å². The zero-order valence-electron chi connectivity index (χ0n) is 17.4. The minimum Gasteiger partial charge on any atom is -0.380 e. The van der Waals surface area contributed by atoms with Gasteiger partial charge in [-0.05, 0) is 36.6 Å². The summed E-state index contributed by atoms with van der Waals surface area (Å²) in [7, 11) is 3.89. The van der Waals surface area contributed by atoms with E-state index < -0.39 is 0 Å². The molecule has 6 heteroatoms. The zero-order valence-corrected chi connectivity index (χ0v) is 19.8. The molecule has 2 aromatic rings. The third-order valence-electron chi connectivity index (χ3n) is 5.48. The Hall–Kier alpha value is -1.80. The molecule has 0 spiro atoms. The third-order valence-corrected chi connectivity index (χ3v) is 5.48. The second kappa shape index (κ2) is 12.0. The molecule has 0 saturated heterocycles. The first-order chi connectivity index (χ1) is 13.7. The first-order valence-electron chi connectivity index (χ1n) is 10.1. The van der Waals surface area contributed by atoms with Crippen molar-refractivity contribution in [3.8, 4) is 0 Å². The van der Waals surface area contributed by atoms with Gasteiger partial charge in [0, 0.05) is 37.1 Å². The van der Waals surface area contributed by atoms with Crippen LogP contribution in [0, 0.1) is 0 Å². The normalized spacial score (nSPS) is 14.9. The Morgan fingerprint density at radius 3 is 2.48 bits per heavy atom. The third kappa shape index (κ3) is 6.89. The molecule has 3 N–H and O–H groups in total. The van der Waals surface area contributed by atoms with Crippen molar-refractivity contribution in [3.63, 3.8) is 0 Å². The standard InChI is InChI=1S/C23H32N4O.HI/c1-27(20-9-4-3-5-10-20)21-14-12-18(13-15-21)16-25-23(24)26-22-11-7-6-8-19(22)17-28-2;/h6-8,11-15,20H,3-5,9-10,16-17H2,1-2H3,(H3,24,25,26);1H. The molecule has 1 fully saturated rings. The number of anilines is 2. The minimum absolute atomic E-state index is 0. The van der Waals surface area contributed by atoms with E-state index in [0.717, 1.165) is 16.8 Å². The van der Waals surface area contributed by atoms with Gasteiger partial charge in [-0.1, -0.05) is 49.6 Å². The number of hydrogen-bond acceptors (Lipinski definition) is 3. The molecular formula is C23H33IN4O. The van der Waals surface area contributed by atoms with Gasteiger partial charge in [-0.3, -0.25) is 0 Å². The van der Waals surface area contributed by atoms with Gasteiger partial charge < -0.3 is 20.7 Å². The van der Waals surface area contributed by atoms with Gasteiger partial charge >= 0.3 is 0 Å². The van der Waals surface area contributed by atoms with Gasteiger partial charge in [0.15, 0.2) is 5.96 Å². The Labute approximate surface area is 191 Å². The van der Waals surface area contributed by atoms with Crippen molar-refractivity contribution in [1.82, 2.24) is 0 Å². The number of nitrogens with one attached hydrogen (secondary N) is 1. The van der Waals surface area contributed by atoms with E-state index in [2.05, 4.69) is 46.5 Å². The molecule has 0 unspecified atom stereocenters. The van der Waals surface area contributed by atoms with E-state index in [9.17, 15) is 0 Å². The lowest BCUT2D eigenvalue weighted by Gasteiger charge is -2.33. The number of nitrogens with zero attached hydrogens (tertiary/aromatic N) is 2. The zero-order chi connectivity index (χ0) is 19.8. The molecule has 1 saturated carbocycles. The summed E-state index contributed by atoms with van der Waals surface area (Å²) in [6.07, 6.45) is 6.68. The van der Waals surface area contributed by atoms with Crippen molar-refractivity contribution >= 4 is 41.3 Å². The molecule has 0 radical (unpaired) electrons. The van der Waals surface area contributed by atoms with Gasteiger partial charge in [-0.25, -0.2) is 4.99 Å². The summed E-state index contributed by atoms with van der Waals surface area (Å²) in [5, 5.41) is 3.18. The highest BCUT2D eigenvalue weighted by Crippen LogP contribution is 2.26. The number of halogens is 1. The number of aliphatic imine (C=N–C) groups is 1. The van der Waals surface area contributed by atoms with Crippen molar-refractivity contribution in [1.29, 1.82) is 0 Å². The molecular weight excluding hydrogens is 475 g/mol. The lowest BCUT2D eigenvalue weighted by Crippen LogP contribution is -2.33. The quantitative estimate of drug-likeness (QED) is 0.309. The van der Waals surface area contributed by atoms with E-state index >= 15 is 0 Å².